The van der Waals surface area contributed by atoms with Crippen LogP contribution in [-0.2, 0) is 0 Å². The number of nitrogens with zero attached hydrogens (tertiary/aromatic N) is 2. The number of aromatic amines is 2. The molecule has 0 aliphatic heterocycles. The molecule has 0 aliphatic carbocycles. The number of methoxy groups -OCH3 is 1. The average Bonchev–Trinajstić information content (AvgIpc) is 3.21. The van der Waals surface area contributed by atoms with Crippen molar-refractivity contribution in [3.8, 4) is 28.5 Å². The lowest BCUT2D eigenvalue weighted by Crippen LogP contribution is -1.81. The Morgan fingerprint density at radius 3 is 2.65 bits per heavy atom. The molecule has 4 rings (SSSR count). The Labute approximate surface area is 131 Å². The second-order valence-corrected chi connectivity index (χ2v) is 5.14. The van der Waals surface area contributed by atoms with E-state index < -0.39 is 0 Å². The van der Waals surface area contributed by atoms with E-state index in [0.29, 0.717) is 5.82 Å². The third kappa shape index (κ3) is 2.44. The molecule has 0 radical (unpaired) electrons. The van der Waals surface area contributed by atoms with Crippen LogP contribution in [0.25, 0.3) is 33.8 Å². The molecular formula is C17H13FN4O. The Bertz CT molecular complexity index is 972. The van der Waals surface area contributed by atoms with Gasteiger partial charge >= 0.3 is 0 Å². The Kier molecular flexibility index (Phi) is 3.08. The van der Waals surface area contributed by atoms with E-state index in [4.69, 9.17) is 4.74 Å². The molecule has 0 atom stereocenters. The van der Waals surface area contributed by atoms with Gasteiger partial charge in [-0.2, -0.15) is 5.10 Å². The van der Waals surface area contributed by atoms with Gasteiger partial charge in [-0.3, -0.25) is 5.10 Å². The van der Waals surface area contributed by atoms with Gasteiger partial charge in [0, 0.05) is 11.6 Å². The number of H-pyrrole nitrogens is 2. The molecule has 0 fully saturated rings. The third-order valence-corrected chi connectivity index (χ3v) is 3.66. The molecule has 2 N–H and O–H groups in total. The number of benzene rings is 2. The molecule has 0 saturated heterocycles. The van der Waals surface area contributed by atoms with Gasteiger partial charge in [0.25, 0.3) is 0 Å². The zero-order valence-corrected chi connectivity index (χ0v) is 12.3. The summed E-state index contributed by atoms with van der Waals surface area (Å²) in [6, 6.07) is 13.7. The van der Waals surface area contributed by atoms with Gasteiger partial charge in [0.2, 0.25) is 0 Å². The molecule has 2 heterocycles. The molecule has 2 aromatic carbocycles. The zero-order valence-electron chi connectivity index (χ0n) is 12.3. The molecule has 114 valence electrons. The van der Waals surface area contributed by atoms with E-state index in [1.54, 1.807) is 19.2 Å². The highest BCUT2D eigenvalue weighted by molar-refractivity contribution is 5.80. The van der Waals surface area contributed by atoms with Crippen molar-refractivity contribution in [3.05, 3.63) is 54.3 Å². The Balaban J connectivity index is 1.72. The minimum absolute atomic E-state index is 0.268. The van der Waals surface area contributed by atoms with Gasteiger partial charge in [0.05, 0.1) is 23.8 Å². The fourth-order valence-electron chi connectivity index (χ4n) is 2.45. The van der Waals surface area contributed by atoms with Crippen molar-refractivity contribution in [2.75, 3.05) is 7.11 Å². The fourth-order valence-corrected chi connectivity index (χ4v) is 2.45. The summed E-state index contributed by atoms with van der Waals surface area (Å²) in [5.41, 5.74) is 4.07. The van der Waals surface area contributed by atoms with E-state index in [9.17, 15) is 4.39 Å². The molecule has 0 unspecified atom stereocenters. The second kappa shape index (κ2) is 5.24. The summed E-state index contributed by atoms with van der Waals surface area (Å²) in [5, 5.41) is 7.22. The molecule has 0 saturated carbocycles. The summed E-state index contributed by atoms with van der Waals surface area (Å²) in [6.07, 6.45) is 0. The maximum absolute atomic E-state index is 13.0. The second-order valence-electron chi connectivity index (χ2n) is 5.14. The minimum atomic E-state index is -0.268. The minimum Gasteiger partial charge on any atom is -0.497 e. The lowest BCUT2D eigenvalue weighted by molar-refractivity contribution is 0.415. The number of fused-ring (bicyclic) bond motifs is 1. The topological polar surface area (TPSA) is 66.6 Å². The lowest BCUT2D eigenvalue weighted by Gasteiger charge is -1.96. The van der Waals surface area contributed by atoms with E-state index in [1.165, 1.54) is 12.1 Å². The number of hydrogen-bond acceptors (Lipinski definition) is 3. The van der Waals surface area contributed by atoms with E-state index in [1.807, 2.05) is 24.3 Å². The molecule has 6 heteroatoms. The van der Waals surface area contributed by atoms with E-state index >= 15 is 0 Å². The SMILES string of the molecule is COc1ccc2nc(-c3cc(-c4ccc(F)cc4)n[nH]3)[nH]c2c1. The van der Waals surface area contributed by atoms with Crippen LogP contribution < -0.4 is 4.74 Å². The zero-order chi connectivity index (χ0) is 15.8. The number of halogens is 1. The number of nitrogens with one attached hydrogen (secondary N) is 2. The molecule has 0 amide bonds. The summed E-state index contributed by atoms with van der Waals surface area (Å²) < 4.78 is 18.2. The van der Waals surface area contributed by atoms with Crippen LogP contribution in [0.3, 0.4) is 0 Å². The summed E-state index contributed by atoms with van der Waals surface area (Å²) in [4.78, 5) is 7.78. The maximum atomic E-state index is 13.0. The van der Waals surface area contributed by atoms with Crippen LogP contribution in [0.15, 0.2) is 48.5 Å². The van der Waals surface area contributed by atoms with Gasteiger partial charge in [-0.05, 0) is 42.5 Å². The molecule has 2 aromatic heterocycles. The van der Waals surface area contributed by atoms with Gasteiger partial charge in [0.15, 0.2) is 5.82 Å². The highest BCUT2D eigenvalue weighted by Gasteiger charge is 2.10. The van der Waals surface area contributed by atoms with Crippen LogP contribution in [0.5, 0.6) is 5.75 Å². The first-order valence-corrected chi connectivity index (χ1v) is 7.08. The van der Waals surface area contributed by atoms with Crippen LogP contribution in [0, 0.1) is 5.82 Å². The standard InChI is InChI=1S/C17H13FN4O/c1-23-12-6-7-13-15(8-12)20-17(19-13)16-9-14(21-22-16)10-2-4-11(18)5-3-10/h2-9H,1H3,(H,19,20)(H,21,22). The molecule has 4 aromatic rings. The average molecular weight is 308 g/mol. The molecule has 23 heavy (non-hydrogen) atoms. The number of hydrogen-bond donors (Lipinski definition) is 2. The molecule has 0 aliphatic rings. The maximum Gasteiger partial charge on any atom is 0.156 e. The van der Waals surface area contributed by atoms with Gasteiger partial charge in [0.1, 0.15) is 17.3 Å². The number of imidazole rings is 1. The fraction of sp³-hybridized carbons (Fsp3) is 0.0588. The predicted molar refractivity (Wildman–Crippen MR) is 85.6 cm³/mol. The summed E-state index contributed by atoms with van der Waals surface area (Å²) in [5.74, 6) is 1.19. The normalized spacial score (nSPS) is 11.0. The Hall–Kier alpha value is -3.15. The monoisotopic (exact) mass is 308 g/mol. The summed E-state index contributed by atoms with van der Waals surface area (Å²) in [7, 11) is 1.63. The van der Waals surface area contributed by atoms with Gasteiger partial charge in [-0.15, -0.1) is 0 Å². The highest BCUT2D eigenvalue weighted by atomic mass is 19.1. The summed E-state index contributed by atoms with van der Waals surface area (Å²) >= 11 is 0. The van der Waals surface area contributed by atoms with Crippen molar-refractivity contribution >= 4 is 11.0 Å². The number of ether oxygens (including phenoxy) is 1. The van der Waals surface area contributed by atoms with Crippen LogP contribution >= 0.6 is 0 Å². The van der Waals surface area contributed by atoms with Gasteiger partial charge < -0.3 is 9.72 Å². The first-order chi connectivity index (χ1) is 11.2. The van der Waals surface area contributed by atoms with Gasteiger partial charge in [-0.25, -0.2) is 9.37 Å². The Morgan fingerprint density at radius 1 is 1.04 bits per heavy atom. The smallest absolute Gasteiger partial charge is 0.156 e. The van der Waals surface area contributed by atoms with Crippen LogP contribution in [0.2, 0.25) is 0 Å². The van der Waals surface area contributed by atoms with Crippen molar-refractivity contribution in [1.82, 2.24) is 20.2 Å². The van der Waals surface area contributed by atoms with E-state index in [2.05, 4.69) is 20.2 Å². The molecule has 0 spiro atoms. The molecular weight excluding hydrogens is 295 g/mol. The van der Waals surface area contributed by atoms with Crippen LogP contribution in [0.1, 0.15) is 0 Å². The van der Waals surface area contributed by atoms with Gasteiger partial charge in [-0.1, -0.05) is 0 Å². The first kappa shape index (κ1) is 13.5. The van der Waals surface area contributed by atoms with E-state index in [-0.39, 0.29) is 5.82 Å². The lowest BCUT2D eigenvalue weighted by atomic mass is 10.1. The summed E-state index contributed by atoms with van der Waals surface area (Å²) in [6.45, 7) is 0. The highest BCUT2D eigenvalue weighted by Crippen LogP contribution is 2.25. The quantitative estimate of drug-likeness (QED) is 0.605. The van der Waals surface area contributed by atoms with Crippen LogP contribution in [0.4, 0.5) is 4.39 Å². The first-order valence-electron chi connectivity index (χ1n) is 7.08. The van der Waals surface area contributed by atoms with Crippen molar-refractivity contribution in [2.45, 2.75) is 0 Å². The van der Waals surface area contributed by atoms with Crippen molar-refractivity contribution in [2.24, 2.45) is 0 Å². The third-order valence-electron chi connectivity index (χ3n) is 3.66. The van der Waals surface area contributed by atoms with Crippen molar-refractivity contribution in [1.29, 1.82) is 0 Å². The predicted octanol–water partition coefficient (Wildman–Crippen LogP) is 3.77. The molecule has 0 bridgehead atoms. The van der Waals surface area contributed by atoms with Crippen LogP contribution in [-0.4, -0.2) is 27.3 Å². The Morgan fingerprint density at radius 2 is 1.87 bits per heavy atom. The van der Waals surface area contributed by atoms with Crippen molar-refractivity contribution in [3.63, 3.8) is 0 Å². The largest absolute Gasteiger partial charge is 0.497 e. The molecule has 5 nitrogen and oxygen atoms in total. The number of rotatable bonds is 3. The van der Waals surface area contributed by atoms with Crippen molar-refractivity contribution < 1.29 is 9.13 Å². The van der Waals surface area contributed by atoms with E-state index in [0.717, 1.165) is 33.7 Å². The number of aromatic nitrogens is 4.